The fourth-order valence-electron chi connectivity index (χ4n) is 3.86. The van der Waals surface area contributed by atoms with Crippen molar-refractivity contribution in [3.05, 3.63) is 117 Å². The van der Waals surface area contributed by atoms with Crippen LogP contribution in [0.15, 0.2) is 95.3 Å². The van der Waals surface area contributed by atoms with Crippen LogP contribution in [0.4, 0.5) is 5.69 Å². The van der Waals surface area contributed by atoms with Crippen molar-refractivity contribution in [2.75, 3.05) is 5.32 Å². The Kier molecular flexibility index (Phi) is 6.67. The maximum atomic E-state index is 13.6. The summed E-state index contributed by atoms with van der Waals surface area (Å²) in [7, 11) is 0. The van der Waals surface area contributed by atoms with Gasteiger partial charge in [-0.3, -0.25) is 14.2 Å². The summed E-state index contributed by atoms with van der Waals surface area (Å²) in [6, 6.07) is 17.4. The molecule has 0 fully saturated rings. The molecule has 0 saturated heterocycles. The van der Waals surface area contributed by atoms with Crippen molar-refractivity contribution < 1.29 is 9.21 Å². The van der Waals surface area contributed by atoms with Crippen molar-refractivity contribution >= 4 is 72.5 Å². The monoisotopic (exact) mass is 631 g/mol. The van der Waals surface area contributed by atoms with Gasteiger partial charge in [0.2, 0.25) is 0 Å². The van der Waals surface area contributed by atoms with Gasteiger partial charge in [-0.2, -0.15) is 0 Å². The second-order valence-corrected chi connectivity index (χ2v) is 10.7. The second kappa shape index (κ2) is 9.73. The second-order valence-electron chi connectivity index (χ2n) is 7.72. The predicted octanol–water partition coefficient (Wildman–Crippen LogP) is 5.65. The van der Waals surface area contributed by atoms with E-state index in [9.17, 15) is 9.59 Å². The number of rotatable bonds is 4. The van der Waals surface area contributed by atoms with Crippen molar-refractivity contribution in [3.63, 3.8) is 0 Å². The number of amides is 1. The highest BCUT2D eigenvalue weighted by molar-refractivity contribution is 9.13. The molecule has 2 aromatic heterocycles. The third-order valence-corrected chi connectivity index (χ3v) is 8.37. The summed E-state index contributed by atoms with van der Waals surface area (Å²) in [5.74, 6) is 0.181. The maximum absolute atomic E-state index is 13.6. The fraction of sp³-hybridized carbons (Fsp3) is 0.0800. The van der Waals surface area contributed by atoms with E-state index in [0.29, 0.717) is 41.7 Å². The Morgan fingerprint density at radius 2 is 1.89 bits per heavy atom. The third-order valence-electron chi connectivity index (χ3n) is 5.42. The van der Waals surface area contributed by atoms with Crippen molar-refractivity contribution in [2.45, 2.75) is 13.0 Å². The molecule has 3 heterocycles. The molecule has 2 aromatic carbocycles. The molecule has 4 aromatic rings. The first-order chi connectivity index (χ1) is 16.8. The Bertz CT molecular complexity index is 1640. The molecule has 0 bridgehead atoms. The number of aromatic nitrogens is 1. The summed E-state index contributed by atoms with van der Waals surface area (Å²) in [6.45, 7) is 1.78. The number of furan rings is 1. The van der Waals surface area contributed by atoms with Crippen molar-refractivity contribution in [1.82, 2.24) is 4.57 Å². The molecule has 1 amide bonds. The molecule has 0 radical (unpaired) electrons. The number of anilines is 1. The van der Waals surface area contributed by atoms with Gasteiger partial charge in [-0.1, -0.05) is 53.3 Å². The summed E-state index contributed by atoms with van der Waals surface area (Å²) in [5.41, 5.74) is 2.06. The fourth-order valence-corrected chi connectivity index (χ4v) is 5.62. The first kappa shape index (κ1) is 24.0. The summed E-state index contributed by atoms with van der Waals surface area (Å²) in [5, 5.41) is 3.49. The number of para-hydroxylation sites is 1. The summed E-state index contributed by atoms with van der Waals surface area (Å²) in [4.78, 5) is 32.3. The Balaban J connectivity index is 1.68. The number of carbonyl (C=O) groups excluding carboxylic acids is 1. The molecule has 0 unspecified atom stereocenters. The molecule has 5 rings (SSSR count). The van der Waals surface area contributed by atoms with Crippen LogP contribution >= 0.6 is 54.8 Å². The molecule has 35 heavy (non-hydrogen) atoms. The van der Waals surface area contributed by atoms with Crippen molar-refractivity contribution in [3.8, 4) is 0 Å². The number of nitrogens with one attached hydrogen (secondary N) is 1. The minimum absolute atomic E-state index is 0.269. The average molecular weight is 634 g/mol. The Hall–Kier alpha value is -2.72. The van der Waals surface area contributed by atoms with Crippen LogP contribution in [0.2, 0.25) is 5.02 Å². The van der Waals surface area contributed by atoms with Crippen LogP contribution in [0, 0.1) is 0 Å². The van der Waals surface area contributed by atoms with Crippen LogP contribution in [0.5, 0.6) is 0 Å². The number of allylic oxidation sites excluding steroid dienone is 1. The van der Waals surface area contributed by atoms with Gasteiger partial charge in [0.05, 0.1) is 26.3 Å². The van der Waals surface area contributed by atoms with E-state index in [1.165, 1.54) is 11.3 Å². The van der Waals surface area contributed by atoms with E-state index in [0.717, 1.165) is 10.0 Å². The average Bonchev–Trinajstić information content (AvgIpc) is 3.31. The normalized spacial score (nSPS) is 15.7. The SMILES string of the molecule is CC1=C(C(=O)Nc2ccccc2)[C@@H](c2ccc(Cl)cc2)n2c(s/c(=C/c3cc(Br)c(Br)o3)c2=O)=N1. The van der Waals surface area contributed by atoms with E-state index in [4.69, 9.17) is 16.0 Å². The van der Waals surface area contributed by atoms with Gasteiger partial charge < -0.3 is 9.73 Å². The van der Waals surface area contributed by atoms with E-state index < -0.39 is 6.04 Å². The van der Waals surface area contributed by atoms with Gasteiger partial charge in [0.25, 0.3) is 11.5 Å². The zero-order valence-electron chi connectivity index (χ0n) is 18.1. The molecule has 1 aliphatic rings. The Morgan fingerprint density at radius 1 is 1.17 bits per heavy atom. The minimum atomic E-state index is -0.676. The Labute approximate surface area is 225 Å². The maximum Gasteiger partial charge on any atom is 0.271 e. The summed E-state index contributed by atoms with van der Waals surface area (Å²) in [6.07, 6.45) is 1.67. The molecule has 1 aliphatic heterocycles. The first-order valence-electron chi connectivity index (χ1n) is 10.4. The smallest absolute Gasteiger partial charge is 0.271 e. The zero-order chi connectivity index (χ0) is 24.7. The van der Waals surface area contributed by atoms with Crippen LogP contribution in [0.25, 0.3) is 6.08 Å². The lowest BCUT2D eigenvalue weighted by Gasteiger charge is -2.25. The lowest BCUT2D eigenvalue weighted by Crippen LogP contribution is -2.40. The van der Waals surface area contributed by atoms with Gasteiger partial charge in [-0.25, -0.2) is 4.99 Å². The molecule has 0 aliphatic carbocycles. The van der Waals surface area contributed by atoms with E-state index in [-0.39, 0.29) is 11.5 Å². The predicted molar refractivity (Wildman–Crippen MR) is 144 cm³/mol. The number of thiazole rings is 1. The molecular formula is C25H16Br2ClN3O3S. The molecule has 6 nitrogen and oxygen atoms in total. The van der Waals surface area contributed by atoms with E-state index in [1.54, 1.807) is 47.9 Å². The number of nitrogens with zero attached hydrogens (tertiary/aromatic N) is 2. The van der Waals surface area contributed by atoms with Gasteiger partial charge in [0, 0.05) is 16.8 Å². The number of carbonyl (C=O) groups is 1. The zero-order valence-corrected chi connectivity index (χ0v) is 22.8. The number of hydrogen-bond donors (Lipinski definition) is 1. The first-order valence-corrected chi connectivity index (χ1v) is 13.2. The molecule has 10 heteroatoms. The number of benzene rings is 2. The van der Waals surface area contributed by atoms with Gasteiger partial charge in [-0.15, -0.1) is 0 Å². The molecule has 0 saturated carbocycles. The topological polar surface area (TPSA) is 76.6 Å². The third kappa shape index (κ3) is 4.73. The van der Waals surface area contributed by atoms with Crippen molar-refractivity contribution in [1.29, 1.82) is 0 Å². The Morgan fingerprint density at radius 3 is 2.54 bits per heavy atom. The van der Waals surface area contributed by atoms with Gasteiger partial charge >= 0.3 is 0 Å². The van der Waals surface area contributed by atoms with E-state index >= 15 is 0 Å². The van der Waals surface area contributed by atoms with Gasteiger partial charge in [0.15, 0.2) is 9.47 Å². The number of fused-ring (bicyclic) bond motifs is 1. The lowest BCUT2D eigenvalue weighted by molar-refractivity contribution is -0.113. The molecule has 176 valence electrons. The summed E-state index contributed by atoms with van der Waals surface area (Å²) < 4.78 is 8.90. The van der Waals surface area contributed by atoms with Crippen LogP contribution in [-0.4, -0.2) is 10.5 Å². The molecular weight excluding hydrogens is 618 g/mol. The van der Waals surface area contributed by atoms with Gasteiger partial charge in [0.1, 0.15) is 5.76 Å². The number of hydrogen-bond acceptors (Lipinski definition) is 5. The van der Waals surface area contributed by atoms with Crippen LogP contribution in [-0.2, 0) is 4.79 Å². The largest absolute Gasteiger partial charge is 0.449 e. The highest BCUT2D eigenvalue weighted by Gasteiger charge is 2.32. The standard InChI is InChI=1S/C25H16Br2ClN3O3S/c1-13-20(23(32)30-16-5-3-2-4-6-16)21(14-7-9-15(28)10-8-14)31-24(33)19(35-25(31)29-13)12-17-11-18(26)22(27)34-17/h2-12,21H,1H3,(H,30,32)/b19-12+/t21-/m1/s1. The van der Waals surface area contributed by atoms with Crippen molar-refractivity contribution in [2.24, 2.45) is 4.99 Å². The minimum Gasteiger partial charge on any atom is -0.449 e. The highest BCUT2D eigenvalue weighted by atomic mass is 79.9. The summed E-state index contributed by atoms with van der Waals surface area (Å²) >= 11 is 14.1. The number of halogens is 3. The van der Waals surface area contributed by atoms with Crippen LogP contribution < -0.4 is 20.2 Å². The van der Waals surface area contributed by atoms with E-state index in [1.807, 2.05) is 30.3 Å². The highest BCUT2D eigenvalue weighted by Crippen LogP contribution is 2.31. The van der Waals surface area contributed by atoms with Crippen LogP contribution in [0.1, 0.15) is 24.3 Å². The van der Waals surface area contributed by atoms with Gasteiger partial charge in [-0.05, 0) is 74.7 Å². The quantitative estimate of drug-likeness (QED) is 0.316. The van der Waals surface area contributed by atoms with Crippen LogP contribution in [0.3, 0.4) is 0 Å². The molecule has 1 N–H and O–H groups in total. The molecule has 1 atom stereocenters. The van der Waals surface area contributed by atoms with E-state index in [2.05, 4.69) is 42.2 Å². The molecule has 0 spiro atoms. The lowest BCUT2D eigenvalue weighted by atomic mass is 9.95.